The lowest BCUT2D eigenvalue weighted by molar-refractivity contribution is 0.350. The van der Waals surface area contributed by atoms with Gasteiger partial charge in [0, 0.05) is 5.38 Å². The van der Waals surface area contributed by atoms with Crippen LogP contribution < -0.4 is 0 Å². The van der Waals surface area contributed by atoms with Crippen molar-refractivity contribution in [2.75, 3.05) is 6.61 Å². The number of aliphatic hydroxyl groups excluding tert-OH is 1. The smallest absolute Gasteiger partial charge is 0.124 e. The van der Waals surface area contributed by atoms with Crippen molar-refractivity contribution in [1.82, 2.24) is 4.98 Å². The molecule has 0 aliphatic heterocycles. The Labute approximate surface area is 57.2 Å². The fraction of sp³-hybridized carbons (Fsp3) is 0.167. The van der Waals surface area contributed by atoms with E-state index >= 15 is 0 Å². The number of thiazole rings is 1. The maximum atomic E-state index is 8.27. The summed E-state index contributed by atoms with van der Waals surface area (Å²) >= 11 is 1.49. The Bertz CT molecular complexity index is 219. The predicted octanol–water partition coefficient (Wildman–Crippen LogP) is 0.487. The molecule has 46 valence electrons. The molecule has 1 rings (SSSR count). The summed E-state index contributed by atoms with van der Waals surface area (Å²) in [7, 11) is 0. The van der Waals surface area contributed by atoms with Crippen LogP contribution in [0.3, 0.4) is 0 Å². The summed E-state index contributed by atoms with van der Waals surface area (Å²) in [6.45, 7) is -0.0997. The Kier molecular flexibility index (Phi) is 2.25. The van der Waals surface area contributed by atoms with Crippen molar-refractivity contribution in [2.45, 2.75) is 0 Å². The van der Waals surface area contributed by atoms with Crippen LogP contribution in [0.15, 0.2) is 10.9 Å². The van der Waals surface area contributed by atoms with E-state index in [1.165, 1.54) is 11.3 Å². The third kappa shape index (κ3) is 1.84. The second-order valence-corrected chi connectivity index (χ2v) is 2.05. The van der Waals surface area contributed by atoms with Gasteiger partial charge in [0.25, 0.3) is 0 Å². The van der Waals surface area contributed by atoms with Crippen LogP contribution in [0.1, 0.15) is 5.69 Å². The van der Waals surface area contributed by atoms with Crippen molar-refractivity contribution >= 4 is 11.3 Å². The first-order chi connectivity index (χ1) is 4.43. The third-order valence-electron chi connectivity index (χ3n) is 0.728. The zero-order valence-electron chi connectivity index (χ0n) is 4.66. The van der Waals surface area contributed by atoms with Gasteiger partial charge < -0.3 is 5.11 Å². The molecule has 0 radical (unpaired) electrons. The van der Waals surface area contributed by atoms with E-state index in [4.69, 9.17) is 5.11 Å². The highest BCUT2D eigenvalue weighted by atomic mass is 32.1. The van der Waals surface area contributed by atoms with Gasteiger partial charge in [-0.15, -0.1) is 11.3 Å². The molecular formula is C6H5NOS. The fourth-order valence-corrected chi connectivity index (χ4v) is 0.888. The quantitative estimate of drug-likeness (QED) is 0.530. The van der Waals surface area contributed by atoms with Gasteiger partial charge in [0.05, 0.1) is 5.51 Å². The largest absolute Gasteiger partial charge is 0.384 e. The Morgan fingerprint density at radius 3 is 3.22 bits per heavy atom. The van der Waals surface area contributed by atoms with Crippen molar-refractivity contribution in [3.63, 3.8) is 0 Å². The van der Waals surface area contributed by atoms with Crippen LogP contribution in [0, 0.1) is 11.8 Å². The molecule has 1 heterocycles. The molecule has 3 heteroatoms. The average molecular weight is 139 g/mol. The van der Waals surface area contributed by atoms with E-state index in [2.05, 4.69) is 16.8 Å². The molecule has 0 fully saturated rings. The van der Waals surface area contributed by atoms with Gasteiger partial charge in [0.2, 0.25) is 0 Å². The molecule has 0 saturated heterocycles. The summed E-state index contributed by atoms with van der Waals surface area (Å²) < 4.78 is 0. The summed E-state index contributed by atoms with van der Waals surface area (Å²) in [6, 6.07) is 0. The van der Waals surface area contributed by atoms with Crippen LogP contribution >= 0.6 is 11.3 Å². The third-order valence-corrected chi connectivity index (χ3v) is 1.31. The van der Waals surface area contributed by atoms with Gasteiger partial charge in [-0.3, -0.25) is 0 Å². The topological polar surface area (TPSA) is 33.1 Å². The van der Waals surface area contributed by atoms with Gasteiger partial charge in [-0.1, -0.05) is 5.92 Å². The lowest BCUT2D eigenvalue weighted by Gasteiger charge is -1.71. The highest BCUT2D eigenvalue weighted by molar-refractivity contribution is 7.07. The number of nitrogens with zero attached hydrogens (tertiary/aromatic N) is 1. The number of aliphatic hydroxyl groups is 1. The Morgan fingerprint density at radius 2 is 2.67 bits per heavy atom. The molecule has 0 bridgehead atoms. The van der Waals surface area contributed by atoms with Crippen LogP contribution in [-0.4, -0.2) is 16.7 Å². The molecule has 0 aliphatic rings. The minimum absolute atomic E-state index is 0.0997. The first kappa shape index (κ1) is 6.27. The van der Waals surface area contributed by atoms with Gasteiger partial charge in [-0.2, -0.15) is 0 Å². The van der Waals surface area contributed by atoms with E-state index in [-0.39, 0.29) is 6.61 Å². The molecular weight excluding hydrogens is 134 g/mol. The van der Waals surface area contributed by atoms with Crippen molar-refractivity contribution in [2.24, 2.45) is 0 Å². The van der Waals surface area contributed by atoms with Gasteiger partial charge in [-0.25, -0.2) is 4.98 Å². The van der Waals surface area contributed by atoms with Gasteiger partial charge in [0.15, 0.2) is 0 Å². The molecule has 0 aliphatic carbocycles. The minimum atomic E-state index is -0.0997. The molecule has 1 N–H and O–H groups in total. The highest BCUT2D eigenvalue weighted by Crippen LogP contribution is 1.97. The number of hydrogen-bond donors (Lipinski definition) is 1. The average Bonchev–Trinajstić information content (AvgIpc) is 2.34. The molecule has 0 saturated carbocycles. The lowest BCUT2D eigenvalue weighted by atomic mass is 10.5. The zero-order chi connectivity index (χ0) is 6.53. The van der Waals surface area contributed by atoms with E-state index in [1.54, 1.807) is 5.51 Å². The van der Waals surface area contributed by atoms with Crippen molar-refractivity contribution in [1.29, 1.82) is 0 Å². The molecule has 0 aromatic carbocycles. The molecule has 1 aromatic heterocycles. The lowest BCUT2D eigenvalue weighted by Crippen LogP contribution is -1.73. The van der Waals surface area contributed by atoms with Crippen molar-refractivity contribution < 1.29 is 5.11 Å². The Balaban J connectivity index is 2.67. The molecule has 0 unspecified atom stereocenters. The van der Waals surface area contributed by atoms with E-state index in [1.807, 2.05) is 5.38 Å². The fourth-order valence-electron chi connectivity index (χ4n) is 0.404. The van der Waals surface area contributed by atoms with Crippen molar-refractivity contribution in [3.05, 3.63) is 16.6 Å². The summed E-state index contributed by atoms with van der Waals surface area (Å²) in [4.78, 5) is 3.89. The molecule has 0 amide bonds. The molecule has 1 aromatic rings. The second-order valence-electron chi connectivity index (χ2n) is 1.33. The SMILES string of the molecule is OCC#Cc1cscn1. The maximum absolute atomic E-state index is 8.27. The number of aromatic nitrogens is 1. The van der Waals surface area contributed by atoms with Crippen LogP contribution in [-0.2, 0) is 0 Å². The highest BCUT2D eigenvalue weighted by Gasteiger charge is 1.82. The molecule has 0 atom stereocenters. The van der Waals surface area contributed by atoms with E-state index in [0.717, 1.165) is 5.69 Å². The molecule has 0 spiro atoms. The molecule has 9 heavy (non-hydrogen) atoms. The monoisotopic (exact) mass is 139 g/mol. The van der Waals surface area contributed by atoms with E-state index < -0.39 is 0 Å². The van der Waals surface area contributed by atoms with Gasteiger partial charge >= 0.3 is 0 Å². The summed E-state index contributed by atoms with van der Waals surface area (Å²) in [5.41, 5.74) is 2.44. The first-order valence-corrected chi connectivity index (χ1v) is 3.35. The Hall–Kier alpha value is -0.850. The van der Waals surface area contributed by atoms with E-state index in [9.17, 15) is 0 Å². The normalized spacial score (nSPS) is 8.11. The minimum Gasteiger partial charge on any atom is -0.384 e. The number of rotatable bonds is 0. The van der Waals surface area contributed by atoms with Crippen LogP contribution in [0.25, 0.3) is 0 Å². The van der Waals surface area contributed by atoms with Gasteiger partial charge in [0.1, 0.15) is 12.3 Å². The summed E-state index contributed by atoms with van der Waals surface area (Å²) in [6.07, 6.45) is 0. The van der Waals surface area contributed by atoms with Crippen LogP contribution in [0.2, 0.25) is 0 Å². The van der Waals surface area contributed by atoms with Crippen LogP contribution in [0.5, 0.6) is 0 Å². The summed E-state index contributed by atoms with van der Waals surface area (Å²) in [5.74, 6) is 5.17. The zero-order valence-corrected chi connectivity index (χ0v) is 5.48. The summed E-state index contributed by atoms with van der Waals surface area (Å²) in [5, 5.41) is 10.1. The van der Waals surface area contributed by atoms with Crippen LogP contribution in [0.4, 0.5) is 0 Å². The Morgan fingerprint density at radius 1 is 1.78 bits per heavy atom. The number of hydrogen-bond acceptors (Lipinski definition) is 3. The second kappa shape index (κ2) is 3.23. The molecule has 2 nitrogen and oxygen atoms in total. The first-order valence-electron chi connectivity index (χ1n) is 2.41. The predicted molar refractivity (Wildman–Crippen MR) is 36.1 cm³/mol. The van der Waals surface area contributed by atoms with Gasteiger partial charge in [-0.05, 0) is 5.92 Å². The van der Waals surface area contributed by atoms with E-state index in [0.29, 0.717) is 0 Å². The maximum Gasteiger partial charge on any atom is 0.124 e. The standard InChI is InChI=1S/C6H5NOS/c8-3-1-2-6-4-9-5-7-6/h4-5,8H,3H2. The van der Waals surface area contributed by atoms with Crippen molar-refractivity contribution in [3.8, 4) is 11.8 Å².